The highest BCUT2D eigenvalue weighted by Crippen LogP contribution is 2.27. The van der Waals surface area contributed by atoms with E-state index in [1.807, 2.05) is 0 Å². The Bertz CT molecular complexity index is 361. The van der Waals surface area contributed by atoms with Gasteiger partial charge in [0.2, 0.25) is 0 Å². The van der Waals surface area contributed by atoms with Gasteiger partial charge < -0.3 is 9.47 Å². The molecule has 0 aromatic carbocycles. The van der Waals surface area contributed by atoms with Crippen molar-refractivity contribution in [2.24, 2.45) is 0 Å². The number of rotatable bonds is 4. The van der Waals surface area contributed by atoms with Crippen molar-refractivity contribution in [3.05, 3.63) is 0 Å². The van der Waals surface area contributed by atoms with Crippen molar-refractivity contribution in [2.45, 2.75) is 76.0 Å². The third-order valence-electron chi connectivity index (χ3n) is 3.09. The molecule has 0 heterocycles. The third-order valence-corrected chi connectivity index (χ3v) is 4.17. The maximum atomic E-state index is 12.2. The number of carbonyl (C=O) groups is 2. The smallest absolute Gasteiger partial charge is 0.409 e. The van der Waals surface area contributed by atoms with E-state index < -0.39 is 22.1 Å². The number of nitrogens with one attached hydrogen (secondary N) is 1. The van der Waals surface area contributed by atoms with Crippen LogP contribution in [0.1, 0.15) is 59.8 Å². The number of hydrogen-bond donors (Lipinski definition) is 1. The quantitative estimate of drug-likeness (QED) is 0.479. The van der Waals surface area contributed by atoms with Gasteiger partial charge in [0.15, 0.2) is 4.45 Å². The molecule has 20 heavy (non-hydrogen) atoms. The molecule has 6 heteroatoms. The molecule has 0 aromatic heterocycles. The first kappa shape index (κ1) is 17.3. The molecule has 1 saturated carbocycles. The first-order chi connectivity index (χ1) is 9.16. The highest BCUT2D eigenvalue weighted by Gasteiger charge is 2.40. The Labute approximate surface area is 128 Å². The Morgan fingerprint density at radius 1 is 1.25 bits per heavy atom. The average Bonchev–Trinajstić information content (AvgIpc) is 2.78. The molecule has 0 spiro atoms. The Kier molecular flexibility index (Phi) is 5.86. The summed E-state index contributed by atoms with van der Waals surface area (Å²) in [6.45, 7) is 7.10. The molecular formula is C14H24BrNO4. The van der Waals surface area contributed by atoms with Gasteiger partial charge in [0.1, 0.15) is 11.7 Å². The highest BCUT2D eigenvalue weighted by molar-refractivity contribution is 9.10. The normalized spacial score (nSPS) is 19.2. The van der Waals surface area contributed by atoms with Gasteiger partial charge in [-0.2, -0.15) is 0 Å². The molecule has 116 valence electrons. The lowest BCUT2D eigenvalue weighted by molar-refractivity contribution is -0.152. The summed E-state index contributed by atoms with van der Waals surface area (Å²) in [5.74, 6) is -0.460. The Morgan fingerprint density at radius 2 is 1.80 bits per heavy atom. The number of esters is 1. The average molecular weight is 350 g/mol. The van der Waals surface area contributed by atoms with Gasteiger partial charge in [-0.05, 0) is 68.8 Å². The van der Waals surface area contributed by atoms with Crippen LogP contribution in [-0.4, -0.2) is 28.2 Å². The van der Waals surface area contributed by atoms with Crippen LogP contribution < -0.4 is 5.32 Å². The zero-order valence-electron chi connectivity index (χ0n) is 12.6. The molecule has 0 bridgehead atoms. The van der Waals surface area contributed by atoms with Crippen LogP contribution in [0.2, 0.25) is 0 Å². The largest absolute Gasteiger partial charge is 0.460 e. The van der Waals surface area contributed by atoms with Crippen LogP contribution in [-0.2, 0) is 14.3 Å². The Hall–Kier alpha value is -0.780. The summed E-state index contributed by atoms with van der Waals surface area (Å²) in [5.41, 5.74) is -0.610. The van der Waals surface area contributed by atoms with Crippen LogP contribution in [0.4, 0.5) is 4.79 Å². The zero-order chi connectivity index (χ0) is 15.4. The molecule has 0 aliphatic heterocycles. The molecule has 1 amide bonds. The van der Waals surface area contributed by atoms with E-state index >= 15 is 0 Å². The van der Waals surface area contributed by atoms with E-state index in [2.05, 4.69) is 21.2 Å². The summed E-state index contributed by atoms with van der Waals surface area (Å²) in [5, 5.41) is 2.55. The molecule has 1 unspecified atom stereocenters. The van der Waals surface area contributed by atoms with Crippen molar-refractivity contribution in [2.75, 3.05) is 0 Å². The van der Waals surface area contributed by atoms with Gasteiger partial charge in [0, 0.05) is 0 Å². The Morgan fingerprint density at radius 3 is 2.25 bits per heavy atom. The van der Waals surface area contributed by atoms with E-state index in [1.54, 1.807) is 27.7 Å². The second kappa shape index (κ2) is 6.78. The van der Waals surface area contributed by atoms with E-state index in [0.717, 1.165) is 25.7 Å². The summed E-state index contributed by atoms with van der Waals surface area (Å²) in [6.07, 6.45) is 3.65. The molecule has 1 rings (SSSR count). The molecular weight excluding hydrogens is 326 g/mol. The van der Waals surface area contributed by atoms with Crippen LogP contribution in [0.3, 0.4) is 0 Å². The van der Waals surface area contributed by atoms with Crippen molar-refractivity contribution in [3.63, 3.8) is 0 Å². The minimum Gasteiger partial charge on any atom is -0.460 e. The number of carbonyl (C=O) groups excluding carboxylic acids is 2. The maximum absolute atomic E-state index is 12.2. The first-order valence-corrected chi connectivity index (χ1v) is 7.87. The van der Waals surface area contributed by atoms with Crippen molar-refractivity contribution in [1.29, 1.82) is 0 Å². The molecule has 1 atom stereocenters. The fourth-order valence-electron chi connectivity index (χ4n) is 2.00. The van der Waals surface area contributed by atoms with Gasteiger partial charge in [-0.15, -0.1) is 0 Å². The lowest BCUT2D eigenvalue weighted by Gasteiger charge is -2.28. The number of ether oxygens (including phenoxy) is 2. The highest BCUT2D eigenvalue weighted by atomic mass is 79.9. The van der Waals surface area contributed by atoms with Crippen LogP contribution in [0.5, 0.6) is 0 Å². The summed E-state index contributed by atoms with van der Waals surface area (Å²) in [6, 6.07) is 0. The van der Waals surface area contributed by atoms with Gasteiger partial charge in [-0.1, -0.05) is 6.92 Å². The van der Waals surface area contributed by atoms with E-state index in [0.29, 0.717) is 6.42 Å². The van der Waals surface area contributed by atoms with Gasteiger partial charge in [0.05, 0.1) is 0 Å². The third kappa shape index (κ3) is 5.31. The predicted molar refractivity (Wildman–Crippen MR) is 79.7 cm³/mol. The second-order valence-electron chi connectivity index (χ2n) is 6.09. The SMILES string of the molecule is CCC(Br)(NC(=O)OC(C)(C)C)C(=O)OC1CCCC1. The first-order valence-electron chi connectivity index (χ1n) is 7.07. The molecule has 0 aromatic rings. The number of halogens is 1. The monoisotopic (exact) mass is 349 g/mol. The standard InChI is InChI=1S/C14H24BrNO4/c1-5-14(15,16-12(18)20-13(2,3)4)11(17)19-10-8-6-7-9-10/h10H,5-9H2,1-4H3,(H,16,18). The van der Waals surface area contributed by atoms with E-state index in [9.17, 15) is 9.59 Å². The van der Waals surface area contributed by atoms with Gasteiger partial charge in [-0.25, -0.2) is 9.59 Å². The molecule has 1 aliphatic carbocycles. The molecule has 1 fully saturated rings. The summed E-state index contributed by atoms with van der Waals surface area (Å²) in [7, 11) is 0. The molecule has 1 aliphatic rings. The lowest BCUT2D eigenvalue weighted by atomic mass is 10.2. The van der Waals surface area contributed by atoms with Gasteiger partial charge in [0.25, 0.3) is 0 Å². The van der Waals surface area contributed by atoms with Crippen molar-refractivity contribution >= 4 is 28.0 Å². The number of alkyl carbamates (subject to hydrolysis) is 1. The maximum Gasteiger partial charge on any atom is 0.409 e. The van der Waals surface area contributed by atoms with E-state index in [-0.39, 0.29) is 6.10 Å². The van der Waals surface area contributed by atoms with E-state index in [1.165, 1.54) is 0 Å². The van der Waals surface area contributed by atoms with Gasteiger partial charge in [-0.3, -0.25) is 5.32 Å². The fourth-order valence-corrected chi connectivity index (χ4v) is 2.26. The zero-order valence-corrected chi connectivity index (χ0v) is 14.2. The predicted octanol–water partition coefficient (Wildman–Crippen LogP) is 3.50. The van der Waals surface area contributed by atoms with Crippen molar-refractivity contribution in [3.8, 4) is 0 Å². The second-order valence-corrected chi connectivity index (χ2v) is 7.45. The van der Waals surface area contributed by atoms with Crippen molar-refractivity contribution < 1.29 is 19.1 Å². The molecule has 0 radical (unpaired) electrons. The summed E-state index contributed by atoms with van der Waals surface area (Å²) < 4.78 is 9.39. The lowest BCUT2D eigenvalue weighted by Crippen LogP contribution is -2.52. The van der Waals surface area contributed by atoms with Crippen LogP contribution >= 0.6 is 15.9 Å². The van der Waals surface area contributed by atoms with E-state index in [4.69, 9.17) is 9.47 Å². The Balaban J connectivity index is 2.60. The van der Waals surface area contributed by atoms with Crippen molar-refractivity contribution in [1.82, 2.24) is 5.32 Å². The van der Waals surface area contributed by atoms with Crippen LogP contribution in [0, 0.1) is 0 Å². The van der Waals surface area contributed by atoms with Crippen LogP contribution in [0.15, 0.2) is 0 Å². The summed E-state index contributed by atoms with van der Waals surface area (Å²) >= 11 is 3.28. The number of alkyl halides is 1. The minimum atomic E-state index is -1.22. The molecule has 5 nitrogen and oxygen atoms in total. The summed E-state index contributed by atoms with van der Waals surface area (Å²) in [4.78, 5) is 24.0. The molecule has 0 saturated heterocycles. The minimum absolute atomic E-state index is 0.0357. The van der Waals surface area contributed by atoms with Crippen LogP contribution in [0.25, 0.3) is 0 Å². The fraction of sp³-hybridized carbons (Fsp3) is 0.857. The number of hydrogen-bond acceptors (Lipinski definition) is 4. The molecule has 1 N–H and O–H groups in total. The van der Waals surface area contributed by atoms with Gasteiger partial charge >= 0.3 is 12.1 Å². The topological polar surface area (TPSA) is 64.6 Å². The number of amides is 1.